The molecule has 3 rings (SSSR count). The molecular formula is C13H16N4. The lowest BCUT2D eigenvalue weighted by Crippen LogP contribution is -2.57. The first-order valence-corrected chi connectivity index (χ1v) is 6.08. The molecule has 1 saturated heterocycles. The summed E-state index contributed by atoms with van der Waals surface area (Å²) in [5, 5.41) is 12.8. The summed E-state index contributed by atoms with van der Waals surface area (Å²) in [5.74, 6) is 0. The molecule has 0 unspecified atom stereocenters. The highest BCUT2D eigenvalue weighted by molar-refractivity contribution is 5.90. The number of aromatic nitrogens is 2. The lowest BCUT2D eigenvalue weighted by atomic mass is 10.1. The van der Waals surface area contributed by atoms with Gasteiger partial charge >= 0.3 is 0 Å². The number of likely N-dealkylation sites (N-methyl/N-ethyl adjacent to an activating group) is 1. The molecule has 2 aromatic rings. The average Bonchev–Trinajstić information content (AvgIpc) is 2.33. The number of rotatable bonds is 3. The van der Waals surface area contributed by atoms with Gasteiger partial charge in [0.25, 0.3) is 0 Å². The largest absolute Gasteiger partial charge is 0.364 e. The van der Waals surface area contributed by atoms with Gasteiger partial charge in [-0.3, -0.25) is 0 Å². The summed E-state index contributed by atoms with van der Waals surface area (Å²) >= 11 is 0. The van der Waals surface area contributed by atoms with Crippen LogP contribution in [0.5, 0.6) is 0 Å². The van der Waals surface area contributed by atoms with E-state index >= 15 is 0 Å². The van der Waals surface area contributed by atoms with E-state index in [9.17, 15) is 0 Å². The Morgan fingerprint density at radius 3 is 2.88 bits per heavy atom. The second-order valence-corrected chi connectivity index (χ2v) is 4.35. The molecule has 0 amide bonds. The van der Waals surface area contributed by atoms with Gasteiger partial charge in [-0.15, -0.1) is 0 Å². The standard InChI is InChI=1S/C13H16N4/c1-2-17(10-7-14-8-10)13-9-15-16-12-6-4-3-5-11(12)13/h3-6,9-10,14H,2,7-8H2,1H3. The molecule has 1 aliphatic rings. The quantitative estimate of drug-likeness (QED) is 0.862. The van der Waals surface area contributed by atoms with Crippen LogP contribution in [0.3, 0.4) is 0 Å². The smallest absolute Gasteiger partial charge is 0.0950 e. The molecule has 88 valence electrons. The second-order valence-electron chi connectivity index (χ2n) is 4.35. The summed E-state index contributed by atoms with van der Waals surface area (Å²) in [5.41, 5.74) is 2.17. The van der Waals surface area contributed by atoms with Crippen LogP contribution in [0.25, 0.3) is 10.9 Å². The van der Waals surface area contributed by atoms with Crippen molar-refractivity contribution in [1.82, 2.24) is 15.5 Å². The molecule has 2 heterocycles. The zero-order chi connectivity index (χ0) is 11.7. The van der Waals surface area contributed by atoms with Gasteiger partial charge in [-0.05, 0) is 13.0 Å². The van der Waals surface area contributed by atoms with E-state index in [0.29, 0.717) is 6.04 Å². The van der Waals surface area contributed by atoms with Crippen molar-refractivity contribution in [2.24, 2.45) is 0 Å². The van der Waals surface area contributed by atoms with Crippen molar-refractivity contribution in [2.75, 3.05) is 24.5 Å². The fourth-order valence-electron chi connectivity index (χ4n) is 2.34. The summed E-state index contributed by atoms with van der Waals surface area (Å²) in [7, 11) is 0. The van der Waals surface area contributed by atoms with Gasteiger partial charge in [0.1, 0.15) is 0 Å². The molecule has 0 bridgehead atoms. The third-order valence-electron chi connectivity index (χ3n) is 3.38. The average molecular weight is 228 g/mol. The number of fused-ring (bicyclic) bond motifs is 1. The van der Waals surface area contributed by atoms with Crippen LogP contribution in [0.2, 0.25) is 0 Å². The van der Waals surface area contributed by atoms with Crippen LogP contribution in [-0.2, 0) is 0 Å². The first-order valence-electron chi connectivity index (χ1n) is 6.08. The molecule has 0 spiro atoms. The summed E-state index contributed by atoms with van der Waals surface area (Å²) in [6, 6.07) is 8.78. The predicted molar refractivity (Wildman–Crippen MR) is 69.2 cm³/mol. The number of nitrogens with zero attached hydrogens (tertiary/aromatic N) is 3. The maximum atomic E-state index is 4.17. The lowest BCUT2D eigenvalue weighted by Gasteiger charge is -2.39. The number of anilines is 1. The number of hydrogen-bond acceptors (Lipinski definition) is 4. The fourth-order valence-corrected chi connectivity index (χ4v) is 2.34. The number of nitrogens with one attached hydrogen (secondary N) is 1. The SMILES string of the molecule is CCN(c1cnnc2ccccc12)C1CNC1. The summed E-state index contributed by atoms with van der Waals surface area (Å²) in [6.45, 7) is 5.31. The molecule has 1 aliphatic heterocycles. The van der Waals surface area contributed by atoms with Gasteiger partial charge in [0.05, 0.1) is 23.4 Å². The lowest BCUT2D eigenvalue weighted by molar-refractivity contribution is 0.418. The molecule has 0 radical (unpaired) electrons. The van der Waals surface area contributed by atoms with E-state index in [1.54, 1.807) is 0 Å². The normalized spacial score (nSPS) is 15.8. The third kappa shape index (κ3) is 1.74. The van der Waals surface area contributed by atoms with Gasteiger partial charge in [0, 0.05) is 25.0 Å². The highest BCUT2D eigenvalue weighted by atomic mass is 15.2. The van der Waals surface area contributed by atoms with Gasteiger partial charge in [0.2, 0.25) is 0 Å². The highest BCUT2D eigenvalue weighted by Crippen LogP contribution is 2.26. The molecule has 0 saturated carbocycles. The minimum atomic E-state index is 0.590. The number of hydrogen-bond donors (Lipinski definition) is 1. The maximum absolute atomic E-state index is 4.17. The first-order chi connectivity index (χ1) is 8.40. The van der Waals surface area contributed by atoms with Crippen LogP contribution in [-0.4, -0.2) is 35.9 Å². The van der Waals surface area contributed by atoms with Crippen LogP contribution in [0.1, 0.15) is 6.92 Å². The Bertz CT molecular complexity index is 516. The molecule has 0 aliphatic carbocycles. The third-order valence-corrected chi connectivity index (χ3v) is 3.38. The van der Waals surface area contributed by atoms with E-state index in [4.69, 9.17) is 0 Å². The second kappa shape index (κ2) is 4.30. The van der Waals surface area contributed by atoms with Crippen molar-refractivity contribution in [3.8, 4) is 0 Å². The zero-order valence-electron chi connectivity index (χ0n) is 9.93. The van der Waals surface area contributed by atoms with Crippen molar-refractivity contribution in [3.63, 3.8) is 0 Å². The number of benzene rings is 1. The summed E-state index contributed by atoms with van der Waals surface area (Å²) in [6.07, 6.45) is 1.88. The van der Waals surface area contributed by atoms with E-state index < -0.39 is 0 Å². The Kier molecular flexibility index (Phi) is 2.65. The molecule has 4 nitrogen and oxygen atoms in total. The van der Waals surface area contributed by atoms with Gasteiger partial charge in [-0.1, -0.05) is 18.2 Å². The molecular weight excluding hydrogens is 212 g/mol. The van der Waals surface area contributed by atoms with Crippen molar-refractivity contribution >= 4 is 16.6 Å². The van der Waals surface area contributed by atoms with Crippen LogP contribution >= 0.6 is 0 Å². The van der Waals surface area contributed by atoms with E-state index in [1.807, 2.05) is 18.3 Å². The Hall–Kier alpha value is -1.68. The van der Waals surface area contributed by atoms with E-state index in [-0.39, 0.29) is 0 Å². The first kappa shape index (κ1) is 10.5. The zero-order valence-corrected chi connectivity index (χ0v) is 9.93. The van der Waals surface area contributed by atoms with Crippen molar-refractivity contribution in [2.45, 2.75) is 13.0 Å². The van der Waals surface area contributed by atoms with E-state index in [2.05, 4.69) is 39.5 Å². The Labute approximate surface area is 101 Å². The van der Waals surface area contributed by atoms with Crippen molar-refractivity contribution < 1.29 is 0 Å². The molecule has 1 aromatic heterocycles. The van der Waals surface area contributed by atoms with Gasteiger partial charge < -0.3 is 10.2 Å². The molecule has 1 N–H and O–H groups in total. The van der Waals surface area contributed by atoms with Gasteiger partial charge in [-0.25, -0.2) is 0 Å². The van der Waals surface area contributed by atoms with Crippen LogP contribution < -0.4 is 10.2 Å². The summed E-state index contributed by atoms with van der Waals surface area (Å²) < 4.78 is 0. The van der Waals surface area contributed by atoms with Crippen molar-refractivity contribution in [1.29, 1.82) is 0 Å². The molecule has 1 fully saturated rings. The Morgan fingerprint density at radius 1 is 1.35 bits per heavy atom. The molecule has 1 aromatic carbocycles. The fraction of sp³-hybridized carbons (Fsp3) is 0.385. The summed E-state index contributed by atoms with van der Waals surface area (Å²) in [4.78, 5) is 2.41. The minimum absolute atomic E-state index is 0.590. The van der Waals surface area contributed by atoms with E-state index in [1.165, 1.54) is 11.1 Å². The van der Waals surface area contributed by atoms with Crippen molar-refractivity contribution in [3.05, 3.63) is 30.5 Å². The molecule has 0 atom stereocenters. The molecule has 17 heavy (non-hydrogen) atoms. The highest BCUT2D eigenvalue weighted by Gasteiger charge is 2.24. The topological polar surface area (TPSA) is 41.1 Å². The monoisotopic (exact) mass is 228 g/mol. The van der Waals surface area contributed by atoms with Crippen LogP contribution in [0, 0.1) is 0 Å². The molecule has 4 heteroatoms. The Balaban J connectivity index is 2.08. The van der Waals surface area contributed by atoms with Crippen LogP contribution in [0.15, 0.2) is 30.5 Å². The predicted octanol–water partition coefficient (Wildman–Crippen LogP) is 1.43. The minimum Gasteiger partial charge on any atom is -0.364 e. The maximum Gasteiger partial charge on any atom is 0.0950 e. The van der Waals surface area contributed by atoms with Crippen LogP contribution in [0.4, 0.5) is 5.69 Å². The van der Waals surface area contributed by atoms with Gasteiger partial charge in [0.15, 0.2) is 0 Å². The Morgan fingerprint density at radius 2 is 2.18 bits per heavy atom. The van der Waals surface area contributed by atoms with Gasteiger partial charge in [-0.2, -0.15) is 10.2 Å². The van der Waals surface area contributed by atoms with E-state index in [0.717, 1.165) is 25.2 Å².